The first-order valence-electron chi connectivity index (χ1n) is 7.94. The number of carbonyl (C=O) groups excluding carboxylic acids is 1. The van der Waals surface area contributed by atoms with Crippen molar-refractivity contribution in [2.45, 2.75) is 18.6 Å². The molecule has 2 heterocycles. The molecule has 0 aliphatic carbocycles. The zero-order chi connectivity index (χ0) is 18.1. The van der Waals surface area contributed by atoms with Gasteiger partial charge in [-0.2, -0.15) is 0 Å². The van der Waals surface area contributed by atoms with Gasteiger partial charge in [0.05, 0.1) is 12.1 Å². The van der Waals surface area contributed by atoms with Gasteiger partial charge in [-0.3, -0.25) is 9.78 Å². The molecule has 1 aromatic heterocycles. The fourth-order valence-corrected chi connectivity index (χ4v) is 3.06. The number of pyridine rings is 1. The van der Waals surface area contributed by atoms with Crippen molar-refractivity contribution in [3.8, 4) is 0 Å². The van der Waals surface area contributed by atoms with Crippen LogP contribution in [-0.2, 0) is 0 Å². The lowest BCUT2D eigenvalue weighted by Crippen LogP contribution is -2.33. The second-order valence-corrected chi connectivity index (χ2v) is 6.32. The first-order valence-corrected chi connectivity index (χ1v) is 7.94. The van der Waals surface area contributed by atoms with Crippen LogP contribution in [0.4, 0.5) is 14.5 Å². The molecule has 5 nitrogen and oxygen atoms in total. The van der Waals surface area contributed by atoms with Gasteiger partial charge in [0, 0.05) is 38.1 Å². The summed E-state index contributed by atoms with van der Waals surface area (Å²) in [5.41, 5.74) is 1.06. The van der Waals surface area contributed by atoms with Crippen molar-refractivity contribution in [1.82, 2.24) is 9.88 Å². The summed E-state index contributed by atoms with van der Waals surface area (Å²) in [6, 6.07) is 5.79. The van der Waals surface area contributed by atoms with Crippen molar-refractivity contribution in [3.63, 3.8) is 0 Å². The molecule has 1 N–H and O–H groups in total. The Morgan fingerprint density at radius 3 is 2.76 bits per heavy atom. The summed E-state index contributed by atoms with van der Waals surface area (Å²) in [6.45, 7) is 0.0489. The van der Waals surface area contributed by atoms with Crippen molar-refractivity contribution in [3.05, 3.63) is 59.4 Å². The van der Waals surface area contributed by atoms with E-state index < -0.39 is 29.7 Å². The molecule has 0 bridgehead atoms. The topological polar surface area (TPSA) is 56.7 Å². The van der Waals surface area contributed by atoms with Crippen LogP contribution < -0.4 is 4.90 Å². The third-order valence-corrected chi connectivity index (χ3v) is 4.34. The van der Waals surface area contributed by atoms with Crippen LogP contribution in [0.3, 0.4) is 0 Å². The molecule has 1 amide bonds. The van der Waals surface area contributed by atoms with Crippen LogP contribution in [0.2, 0.25) is 0 Å². The standard InChI is InChI=1S/C18H19F2N3O2/c1-22(2)12-5-6-21-16(8-12)18(25)23-10-13(24)9-17(23)14-7-11(19)3-4-15(14)20/h3-8,13,17,24H,9-10H2,1-2H3/t13-,17+/m1/s1. The number of aliphatic hydroxyl groups is 1. The summed E-state index contributed by atoms with van der Waals surface area (Å²) in [5, 5.41) is 9.99. The lowest BCUT2D eigenvalue weighted by Gasteiger charge is -2.25. The van der Waals surface area contributed by atoms with Crippen LogP contribution in [0.5, 0.6) is 0 Å². The van der Waals surface area contributed by atoms with E-state index in [1.54, 1.807) is 12.1 Å². The predicted molar refractivity (Wildman–Crippen MR) is 89.3 cm³/mol. The molecule has 25 heavy (non-hydrogen) atoms. The van der Waals surface area contributed by atoms with E-state index in [2.05, 4.69) is 4.98 Å². The predicted octanol–water partition coefficient (Wildman–Crippen LogP) is 2.37. The monoisotopic (exact) mass is 347 g/mol. The molecular formula is C18H19F2N3O2. The molecule has 1 aromatic carbocycles. The Morgan fingerprint density at radius 2 is 2.04 bits per heavy atom. The number of nitrogens with zero attached hydrogens (tertiary/aromatic N) is 3. The molecule has 1 saturated heterocycles. The van der Waals surface area contributed by atoms with E-state index in [-0.39, 0.29) is 24.2 Å². The van der Waals surface area contributed by atoms with Crippen LogP contribution in [0.25, 0.3) is 0 Å². The van der Waals surface area contributed by atoms with E-state index in [4.69, 9.17) is 0 Å². The molecule has 2 aromatic rings. The number of β-amino-alcohol motifs (C(OH)–C–C–N with tert-alkyl or cyclic N) is 1. The minimum atomic E-state index is -0.798. The molecule has 2 atom stereocenters. The molecule has 1 aliphatic heterocycles. The maximum atomic E-state index is 14.1. The number of halogens is 2. The third kappa shape index (κ3) is 3.46. The lowest BCUT2D eigenvalue weighted by molar-refractivity contribution is 0.0708. The van der Waals surface area contributed by atoms with Gasteiger partial charge in [0.1, 0.15) is 17.3 Å². The first-order chi connectivity index (χ1) is 11.9. The summed E-state index contributed by atoms with van der Waals surface area (Å²) in [6.07, 6.45) is 0.875. The molecule has 0 saturated carbocycles. The molecule has 0 spiro atoms. The quantitative estimate of drug-likeness (QED) is 0.926. The number of carbonyl (C=O) groups is 1. The van der Waals surface area contributed by atoms with Crippen molar-refractivity contribution in [2.75, 3.05) is 25.5 Å². The number of hydrogen-bond donors (Lipinski definition) is 1. The average Bonchev–Trinajstić information content (AvgIpc) is 2.98. The van der Waals surface area contributed by atoms with Gasteiger partial charge in [0.15, 0.2) is 0 Å². The Bertz CT molecular complexity index is 798. The number of hydrogen-bond acceptors (Lipinski definition) is 4. The van der Waals surface area contributed by atoms with Gasteiger partial charge in [-0.1, -0.05) is 0 Å². The summed E-state index contributed by atoms with van der Waals surface area (Å²) >= 11 is 0. The molecule has 1 aliphatic rings. The first kappa shape index (κ1) is 17.3. The highest BCUT2D eigenvalue weighted by Gasteiger charge is 2.37. The van der Waals surface area contributed by atoms with Gasteiger partial charge in [-0.15, -0.1) is 0 Å². The zero-order valence-electron chi connectivity index (χ0n) is 14.0. The number of aromatic nitrogens is 1. The van der Waals surface area contributed by atoms with Crippen molar-refractivity contribution < 1.29 is 18.7 Å². The summed E-state index contributed by atoms with van der Waals surface area (Å²) in [7, 11) is 3.68. The van der Waals surface area contributed by atoms with E-state index >= 15 is 0 Å². The molecule has 132 valence electrons. The van der Waals surface area contributed by atoms with E-state index in [9.17, 15) is 18.7 Å². The molecule has 3 rings (SSSR count). The van der Waals surface area contributed by atoms with Crippen molar-refractivity contribution in [2.24, 2.45) is 0 Å². The van der Waals surface area contributed by atoms with Gasteiger partial charge in [0.25, 0.3) is 5.91 Å². The average molecular weight is 347 g/mol. The van der Waals surface area contributed by atoms with Crippen LogP contribution in [0, 0.1) is 11.6 Å². The maximum absolute atomic E-state index is 14.1. The summed E-state index contributed by atoms with van der Waals surface area (Å²) in [5.74, 6) is -1.61. The van der Waals surface area contributed by atoms with Gasteiger partial charge in [0.2, 0.25) is 0 Å². The van der Waals surface area contributed by atoms with Crippen LogP contribution in [0.1, 0.15) is 28.5 Å². The highest BCUT2D eigenvalue weighted by Crippen LogP contribution is 2.35. The number of amides is 1. The number of rotatable bonds is 3. The number of anilines is 1. The largest absolute Gasteiger partial charge is 0.391 e. The minimum absolute atomic E-state index is 0.0489. The van der Waals surface area contributed by atoms with Crippen molar-refractivity contribution >= 4 is 11.6 Å². The van der Waals surface area contributed by atoms with Crippen LogP contribution >= 0.6 is 0 Å². The molecule has 0 radical (unpaired) electrons. The SMILES string of the molecule is CN(C)c1ccnc(C(=O)N2C[C@H](O)C[C@H]2c2cc(F)ccc2F)c1. The highest BCUT2D eigenvalue weighted by atomic mass is 19.1. The second-order valence-electron chi connectivity index (χ2n) is 6.32. The Morgan fingerprint density at radius 1 is 1.28 bits per heavy atom. The smallest absolute Gasteiger partial charge is 0.273 e. The van der Waals surface area contributed by atoms with Gasteiger partial charge in [-0.05, 0) is 36.8 Å². The second kappa shape index (κ2) is 6.76. The van der Waals surface area contributed by atoms with Crippen LogP contribution in [-0.4, -0.2) is 47.6 Å². The fourth-order valence-electron chi connectivity index (χ4n) is 3.06. The number of benzene rings is 1. The summed E-state index contributed by atoms with van der Waals surface area (Å²) in [4.78, 5) is 20.1. The number of aliphatic hydroxyl groups excluding tert-OH is 1. The molecule has 0 unspecified atom stereocenters. The molecule has 7 heteroatoms. The van der Waals surface area contributed by atoms with Gasteiger partial charge >= 0.3 is 0 Å². The Labute approximate surface area is 144 Å². The van der Waals surface area contributed by atoms with Gasteiger partial charge < -0.3 is 14.9 Å². The summed E-state index contributed by atoms with van der Waals surface area (Å²) < 4.78 is 27.7. The third-order valence-electron chi connectivity index (χ3n) is 4.34. The van der Waals surface area contributed by atoms with E-state index in [0.717, 1.165) is 23.9 Å². The fraction of sp³-hybridized carbons (Fsp3) is 0.333. The van der Waals surface area contributed by atoms with Gasteiger partial charge in [-0.25, -0.2) is 8.78 Å². The number of likely N-dealkylation sites (tertiary alicyclic amines) is 1. The zero-order valence-corrected chi connectivity index (χ0v) is 14.0. The van der Waals surface area contributed by atoms with E-state index in [1.165, 1.54) is 11.1 Å². The lowest BCUT2D eigenvalue weighted by atomic mass is 10.0. The highest BCUT2D eigenvalue weighted by molar-refractivity contribution is 5.93. The molecule has 1 fully saturated rings. The Balaban J connectivity index is 1.95. The maximum Gasteiger partial charge on any atom is 0.273 e. The Kier molecular flexibility index (Phi) is 4.67. The van der Waals surface area contributed by atoms with E-state index in [1.807, 2.05) is 19.0 Å². The Hall–Kier alpha value is -2.54. The normalized spacial score (nSPS) is 20.0. The van der Waals surface area contributed by atoms with E-state index in [0.29, 0.717) is 0 Å². The minimum Gasteiger partial charge on any atom is -0.391 e. The molecular weight excluding hydrogens is 328 g/mol. The van der Waals surface area contributed by atoms with Crippen LogP contribution in [0.15, 0.2) is 36.5 Å². The van der Waals surface area contributed by atoms with Crippen molar-refractivity contribution in [1.29, 1.82) is 0 Å².